The van der Waals surface area contributed by atoms with Gasteiger partial charge in [-0.15, -0.1) is 10.2 Å². The number of nitrogens with one attached hydrogen (secondary N) is 1. The van der Waals surface area contributed by atoms with Gasteiger partial charge in [-0.1, -0.05) is 39.0 Å². The van der Waals surface area contributed by atoms with Crippen LogP contribution in [0.1, 0.15) is 70.1 Å². The summed E-state index contributed by atoms with van der Waals surface area (Å²) in [6.45, 7) is 4.07. The number of rotatable bonds is 8. The third-order valence-electron chi connectivity index (χ3n) is 5.74. The van der Waals surface area contributed by atoms with Crippen LogP contribution in [0.4, 0.5) is 0 Å². The molecule has 1 atom stereocenters. The summed E-state index contributed by atoms with van der Waals surface area (Å²) in [5, 5.41) is 21.8. The maximum absolute atomic E-state index is 12.8. The van der Waals surface area contributed by atoms with Gasteiger partial charge in [0, 0.05) is 26.1 Å². The maximum Gasteiger partial charge on any atom is 0.255 e. The van der Waals surface area contributed by atoms with E-state index in [-0.39, 0.29) is 12.5 Å². The van der Waals surface area contributed by atoms with E-state index >= 15 is 0 Å². The third-order valence-corrected chi connectivity index (χ3v) is 5.74. The number of likely N-dealkylation sites (tertiary alicyclic amines) is 1. The van der Waals surface area contributed by atoms with Crippen molar-refractivity contribution in [1.29, 1.82) is 0 Å². The number of piperidine rings is 1. The number of hydrogen-bond acceptors (Lipinski definition) is 6. The van der Waals surface area contributed by atoms with Gasteiger partial charge < -0.3 is 19.7 Å². The molecule has 0 spiro atoms. The molecule has 7 heteroatoms. The van der Waals surface area contributed by atoms with Crippen LogP contribution in [0.2, 0.25) is 0 Å². The van der Waals surface area contributed by atoms with Gasteiger partial charge in [-0.2, -0.15) is 0 Å². The third kappa shape index (κ3) is 4.82. The summed E-state index contributed by atoms with van der Waals surface area (Å²) in [5.74, 6) is 1.70. The molecule has 1 aliphatic heterocycles. The molecule has 2 aliphatic rings. The fourth-order valence-electron chi connectivity index (χ4n) is 4.14. The Morgan fingerprint density at radius 1 is 1.23 bits per heavy atom. The molecular weight excluding hydrogens is 332 g/mol. The minimum absolute atomic E-state index is 0.133. The van der Waals surface area contributed by atoms with Crippen molar-refractivity contribution in [2.45, 2.75) is 76.9 Å². The molecule has 0 bridgehead atoms. The molecule has 2 fully saturated rings. The van der Waals surface area contributed by atoms with Crippen LogP contribution in [0, 0.1) is 5.92 Å². The Kier molecular flexibility index (Phi) is 6.64. The van der Waals surface area contributed by atoms with Gasteiger partial charge in [-0.25, -0.2) is 0 Å². The summed E-state index contributed by atoms with van der Waals surface area (Å²) in [6, 6.07) is 0. The van der Waals surface area contributed by atoms with Crippen LogP contribution >= 0.6 is 0 Å². The smallest absolute Gasteiger partial charge is 0.255 e. The quantitative estimate of drug-likeness (QED) is 0.733. The van der Waals surface area contributed by atoms with E-state index in [0.29, 0.717) is 31.2 Å². The lowest BCUT2D eigenvalue weighted by molar-refractivity contribution is -0.156. The molecule has 3 rings (SSSR count). The van der Waals surface area contributed by atoms with Gasteiger partial charge in [0.15, 0.2) is 5.60 Å². The lowest BCUT2D eigenvalue weighted by atomic mass is 9.86. The summed E-state index contributed by atoms with van der Waals surface area (Å²) in [7, 11) is 0. The first-order valence-corrected chi connectivity index (χ1v) is 10.1. The average molecular weight is 364 g/mol. The fraction of sp³-hybridized carbons (Fsp3) is 0.842. The topological polar surface area (TPSA) is 91.5 Å². The molecule has 0 aromatic carbocycles. The Labute approximate surface area is 155 Å². The highest BCUT2D eigenvalue weighted by Crippen LogP contribution is 2.28. The van der Waals surface area contributed by atoms with Crippen LogP contribution in [-0.2, 0) is 17.8 Å². The van der Waals surface area contributed by atoms with E-state index in [1.54, 1.807) is 0 Å². The van der Waals surface area contributed by atoms with E-state index in [1.807, 2.05) is 11.8 Å². The molecule has 1 saturated heterocycles. The van der Waals surface area contributed by atoms with Crippen molar-refractivity contribution >= 4 is 5.91 Å². The molecular formula is C19H32N4O3. The number of hydrogen-bond donors (Lipinski definition) is 2. The predicted molar refractivity (Wildman–Crippen MR) is 97.3 cm³/mol. The van der Waals surface area contributed by atoms with Gasteiger partial charge in [0.2, 0.25) is 11.8 Å². The van der Waals surface area contributed by atoms with E-state index in [4.69, 9.17) is 4.42 Å². The minimum Gasteiger partial charge on any atom is -0.424 e. The molecule has 1 aromatic heterocycles. The molecule has 2 N–H and O–H groups in total. The van der Waals surface area contributed by atoms with Gasteiger partial charge in [-0.3, -0.25) is 4.79 Å². The second kappa shape index (κ2) is 8.95. The largest absolute Gasteiger partial charge is 0.424 e. The van der Waals surface area contributed by atoms with Gasteiger partial charge in [0.05, 0.1) is 6.54 Å². The molecule has 1 amide bonds. The summed E-state index contributed by atoms with van der Waals surface area (Å²) in [6.07, 6.45) is 9.68. The molecule has 1 saturated carbocycles. The normalized spacial score (nSPS) is 25.0. The molecule has 0 radical (unpaired) electrons. The lowest BCUT2D eigenvalue weighted by Gasteiger charge is -2.39. The molecule has 1 aromatic rings. The summed E-state index contributed by atoms with van der Waals surface area (Å²) in [5.41, 5.74) is -1.32. The van der Waals surface area contributed by atoms with E-state index in [1.165, 1.54) is 32.1 Å². The van der Waals surface area contributed by atoms with Crippen molar-refractivity contribution in [1.82, 2.24) is 20.4 Å². The predicted octanol–water partition coefficient (Wildman–Crippen LogP) is 2.05. The van der Waals surface area contributed by atoms with Crippen molar-refractivity contribution in [3.8, 4) is 0 Å². The molecule has 146 valence electrons. The number of aryl methyl sites for hydroxylation is 1. The monoisotopic (exact) mass is 364 g/mol. The Bertz CT molecular complexity index is 585. The van der Waals surface area contributed by atoms with Crippen molar-refractivity contribution < 1.29 is 14.3 Å². The number of carbonyl (C=O) groups is 1. The van der Waals surface area contributed by atoms with Crippen LogP contribution in [0.15, 0.2) is 4.42 Å². The first-order chi connectivity index (χ1) is 12.6. The average Bonchev–Trinajstić information content (AvgIpc) is 3.12. The Balaban J connectivity index is 1.46. The standard InChI is InChI=1S/C19H32N4O3/c1-2-16-21-22-17(26-16)13-20-14-19(25)10-6-11-23(18(19)24)12-9-15-7-4-3-5-8-15/h15,20,25H,2-14H2,1H3. The number of amides is 1. The van der Waals surface area contributed by atoms with Crippen molar-refractivity contribution in [3.63, 3.8) is 0 Å². The second-order valence-corrected chi connectivity index (χ2v) is 7.77. The van der Waals surface area contributed by atoms with Crippen LogP contribution < -0.4 is 5.32 Å². The summed E-state index contributed by atoms with van der Waals surface area (Å²) in [4.78, 5) is 14.7. The highest BCUT2D eigenvalue weighted by Gasteiger charge is 2.41. The first kappa shape index (κ1) is 19.3. The zero-order valence-corrected chi connectivity index (χ0v) is 15.9. The molecule has 26 heavy (non-hydrogen) atoms. The number of carbonyl (C=O) groups excluding carboxylic acids is 1. The Morgan fingerprint density at radius 3 is 2.73 bits per heavy atom. The lowest BCUT2D eigenvalue weighted by Crippen LogP contribution is -2.58. The van der Waals surface area contributed by atoms with Gasteiger partial charge in [0.25, 0.3) is 5.91 Å². The van der Waals surface area contributed by atoms with E-state index < -0.39 is 5.60 Å². The molecule has 1 aliphatic carbocycles. The van der Waals surface area contributed by atoms with Gasteiger partial charge in [0.1, 0.15) is 0 Å². The van der Waals surface area contributed by atoms with E-state index in [2.05, 4.69) is 15.5 Å². The van der Waals surface area contributed by atoms with Gasteiger partial charge >= 0.3 is 0 Å². The number of nitrogens with zero attached hydrogens (tertiary/aromatic N) is 3. The summed E-state index contributed by atoms with van der Waals surface area (Å²) >= 11 is 0. The van der Waals surface area contributed by atoms with Gasteiger partial charge in [-0.05, 0) is 25.2 Å². The molecule has 7 nitrogen and oxygen atoms in total. The van der Waals surface area contributed by atoms with Crippen molar-refractivity contribution in [2.24, 2.45) is 5.92 Å². The Hall–Kier alpha value is -1.47. The summed E-state index contributed by atoms with van der Waals surface area (Å²) < 4.78 is 5.45. The first-order valence-electron chi connectivity index (χ1n) is 10.1. The van der Waals surface area contributed by atoms with Crippen LogP contribution in [0.3, 0.4) is 0 Å². The van der Waals surface area contributed by atoms with E-state index in [0.717, 1.165) is 31.8 Å². The Morgan fingerprint density at radius 2 is 2.00 bits per heavy atom. The maximum atomic E-state index is 12.8. The van der Waals surface area contributed by atoms with Crippen LogP contribution in [0.5, 0.6) is 0 Å². The van der Waals surface area contributed by atoms with Crippen molar-refractivity contribution in [3.05, 3.63) is 11.8 Å². The zero-order valence-electron chi connectivity index (χ0n) is 15.9. The fourth-order valence-corrected chi connectivity index (χ4v) is 4.14. The van der Waals surface area contributed by atoms with Crippen molar-refractivity contribution in [2.75, 3.05) is 19.6 Å². The number of aromatic nitrogens is 2. The highest BCUT2D eigenvalue weighted by molar-refractivity contribution is 5.86. The molecule has 1 unspecified atom stereocenters. The second-order valence-electron chi connectivity index (χ2n) is 7.77. The minimum atomic E-state index is -1.32. The van der Waals surface area contributed by atoms with Crippen LogP contribution in [-0.4, -0.2) is 51.3 Å². The highest BCUT2D eigenvalue weighted by atomic mass is 16.4. The van der Waals surface area contributed by atoms with E-state index in [9.17, 15) is 9.90 Å². The zero-order chi connectivity index (χ0) is 18.4. The van der Waals surface area contributed by atoms with Crippen LogP contribution in [0.25, 0.3) is 0 Å². The molecule has 2 heterocycles. The number of aliphatic hydroxyl groups is 1. The SMILES string of the molecule is CCc1nnc(CNCC2(O)CCCN(CCC3CCCCC3)C2=O)o1.